The van der Waals surface area contributed by atoms with Crippen LogP contribution in [0.4, 0.5) is 0 Å². The molecule has 0 fully saturated rings. The maximum Gasteiger partial charge on any atom is 0.356 e. The van der Waals surface area contributed by atoms with Crippen molar-refractivity contribution in [3.8, 4) is 0 Å². The highest BCUT2D eigenvalue weighted by Gasteiger charge is 2.28. The first-order valence-electron chi connectivity index (χ1n) is 9.26. The molecule has 0 aliphatic rings. The summed E-state index contributed by atoms with van der Waals surface area (Å²) in [6, 6.07) is 1.89. The van der Waals surface area contributed by atoms with Crippen LogP contribution in [0.15, 0.2) is 21.5 Å². The van der Waals surface area contributed by atoms with Crippen molar-refractivity contribution in [3.05, 3.63) is 28.5 Å². The topological polar surface area (TPSA) is 92.8 Å². The minimum absolute atomic E-state index is 0.167. The second-order valence-electron chi connectivity index (χ2n) is 6.90. The Labute approximate surface area is 159 Å². The van der Waals surface area contributed by atoms with Crippen LogP contribution in [0.5, 0.6) is 0 Å². The molecule has 152 valence electrons. The van der Waals surface area contributed by atoms with Crippen LogP contribution in [-0.2, 0) is 31.3 Å². The Morgan fingerprint density at radius 3 is 2.48 bits per heavy atom. The number of furan rings is 1. The van der Waals surface area contributed by atoms with Gasteiger partial charge in [0.05, 0.1) is 30.7 Å². The maximum atomic E-state index is 12.7. The second kappa shape index (κ2) is 9.64. The fourth-order valence-electron chi connectivity index (χ4n) is 2.60. The largest absolute Gasteiger partial charge is 0.443 e. The molecule has 27 heavy (non-hydrogen) atoms. The maximum absolute atomic E-state index is 12.7. The van der Waals surface area contributed by atoms with Gasteiger partial charge in [0, 0.05) is 12.6 Å². The van der Waals surface area contributed by atoms with E-state index >= 15 is 0 Å². The lowest BCUT2D eigenvalue weighted by atomic mass is 10.2. The number of hydrogen-bond acceptors (Lipinski definition) is 7. The zero-order chi connectivity index (χ0) is 20.0. The van der Waals surface area contributed by atoms with Crippen LogP contribution in [-0.4, -0.2) is 34.7 Å². The van der Waals surface area contributed by atoms with Gasteiger partial charge in [0.1, 0.15) is 12.1 Å². The van der Waals surface area contributed by atoms with Crippen molar-refractivity contribution < 1.29 is 22.8 Å². The monoisotopic (exact) mass is 400 g/mol. The number of aromatic nitrogens is 2. The summed E-state index contributed by atoms with van der Waals surface area (Å²) in [7, 11) is -3.35. The molecule has 9 heteroatoms. The van der Waals surface area contributed by atoms with E-state index in [-0.39, 0.29) is 31.7 Å². The van der Waals surface area contributed by atoms with Gasteiger partial charge in [0.15, 0.2) is 0 Å². The van der Waals surface area contributed by atoms with E-state index in [2.05, 4.69) is 11.9 Å². The quantitative estimate of drug-likeness (QED) is 0.416. The van der Waals surface area contributed by atoms with Gasteiger partial charge in [-0.25, -0.2) is 4.79 Å². The predicted octanol–water partition coefficient (Wildman–Crippen LogP) is 3.96. The number of hydrogen-bond donors (Lipinski definition) is 0. The summed E-state index contributed by atoms with van der Waals surface area (Å²) in [5.41, 5.74) is -0.0654. The van der Waals surface area contributed by atoms with E-state index in [9.17, 15) is 9.36 Å². The molecule has 0 bridgehead atoms. The van der Waals surface area contributed by atoms with E-state index in [0.29, 0.717) is 5.71 Å². The van der Waals surface area contributed by atoms with Crippen LogP contribution in [0.3, 0.4) is 0 Å². The molecule has 2 aromatic rings. The van der Waals surface area contributed by atoms with E-state index in [1.54, 1.807) is 33.9 Å². The summed E-state index contributed by atoms with van der Waals surface area (Å²) in [6.45, 7) is 9.66. The molecule has 0 aliphatic carbocycles. The van der Waals surface area contributed by atoms with Crippen molar-refractivity contribution in [2.75, 3.05) is 13.0 Å². The molecule has 0 aliphatic heterocycles. The zero-order valence-electron chi connectivity index (χ0n) is 16.6. The summed E-state index contributed by atoms with van der Waals surface area (Å²) in [4.78, 5) is 16.1. The van der Waals surface area contributed by atoms with Crippen LogP contribution < -0.4 is 5.69 Å². The van der Waals surface area contributed by atoms with Gasteiger partial charge in [-0.1, -0.05) is 6.92 Å². The van der Waals surface area contributed by atoms with Crippen molar-refractivity contribution in [2.45, 2.75) is 66.2 Å². The third-order valence-electron chi connectivity index (χ3n) is 3.49. The smallest absolute Gasteiger partial charge is 0.356 e. The molecule has 0 unspecified atom stereocenters. The molecule has 0 radical (unpaired) electrons. The van der Waals surface area contributed by atoms with Gasteiger partial charge in [0.2, 0.25) is 5.71 Å². The van der Waals surface area contributed by atoms with Crippen molar-refractivity contribution >= 4 is 18.7 Å². The Balaban J connectivity index is 1.98. The summed E-state index contributed by atoms with van der Waals surface area (Å²) < 4.78 is 36.0. The molecule has 0 spiro atoms. The summed E-state index contributed by atoms with van der Waals surface area (Å²) in [5.74, 6) is 0.811. The van der Waals surface area contributed by atoms with Crippen LogP contribution in [0, 0.1) is 0 Å². The van der Waals surface area contributed by atoms with Gasteiger partial charge in [0.25, 0.3) is 0 Å². The van der Waals surface area contributed by atoms with Crippen molar-refractivity contribution in [2.24, 2.45) is 0 Å². The average Bonchev–Trinajstić information content (AvgIpc) is 2.91. The molecule has 0 N–H and O–H groups in total. The molecule has 0 saturated heterocycles. The Bertz CT molecular complexity index is 828. The highest BCUT2D eigenvalue weighted by molar-refractivity contribution is 7.53. The third kappa shape index (κ3) is 6.57. The Morgan fingerprint density at radius 1 is 1.22 bits per heavy atom. The number of rotatable bonds is 11. The van der Waals surface area contributed by atoms with E-state index < -0.39 is 13.3 Å². The molecular weight excluding hydrogens is 371 g/mol. The molecule has 2 rings (SSSR count). The average molecular weight is 400 g/mol. The molecule has 0 atom stereocenters. The Hall–Kier alpha value is -1.47. The fraction of sp³-hybridized carbons (Fsp3) is 0.667. The molecule has 0 saturated carbocycles. The van der Waals surface area contributed by atoms with Gasteiger partial charge in [-0.15, -0.1) is 0 Å². The lowest BCUT2D eigenvalue weighted by Gasteiger charge is -2.22. The number of aryl methyl sites for hydroxylation is 1. The van der Waals surface area contributed by atoms with Gasteiger partial charge in [-0.2, -0.15) is 4.98 Å². The SMILES string of the molecule is CCCc1cc2cn(CCOCP(=O)(OC(C)C)OC(C)C)c(=O)nc2o1. The number of fused-ring (bicyclic) bond motifs is 1. The van der Waals surface area contributed by atoms with Crippen LogP contribution in [0.1, 0.15) is 46.8 Å². The molecule has 2 aromatic heterocycles. The first-order valence-corrected chi connectivity index (χ1v) is 11.0. The van der Waals surface area contributed by atoms with E-state index in [0.717, 1.165) is 24.0 Å². The normalized spacial score (nSPS) is 12.6. The Morgan fingerprint density at radius 2 is 1.89 bits per heavy atom. The van der Waals surface area contributed by atoms with Crippen LogP contribution >= 0.6 is 7.60 Å². The summed E-state index contributed by atoms with van der Waals surface area (Å²) in [5, 5.41) is 0.773. The molecular formula is C18H29N2O6P. The fourth-order valence-corrected chi connectivity index (χ4v) is 4.41. The highest BCUT2D eigenvalue weighted by Crippen LogP contribution is 2.50. The minimum Gasteiger partial charge on any atom is -0.443 e. The lowest BCUT2D eigenvalue weighted by Crippen LogP contribution is -2.24. The van der Waals surface area contributed by atoms with E-state index in [4.69, 9.17) is 18.2 Å². The van der Waals surface area contributed by atoms with Gasteiger partial charge in [-0.05, 0) is 40.2 Å². The highest BCUT2D eigenvalue weighted by atomic mass is 31.2. The van der Waals surface area contributed by atoms with Crippen LogP contribution in [0.25, 0.3) is 11.1 Å². The molecule has 0 amide bonds. The molecule has 0 aromatic carbocycles. The van der Waals surface area contributed by atoms with E-state index in [1.807, 2.05) is 6.07 Å². The standard InChI is InChI=1S/C18H29N2O6P/c1-6-7-16-10-15-11-20(18(21)19-17(15)24-16)8-9-23-12-27(22,25-13(2)3)26-14(4)5/h10-11,13-14H,6-9,12H2,1-5H3. The molecule has 8 nitrogen and oxygen atoms in total. The van der Waals surface area contributed by atoms with Gasteiger partial charge in [-0.3, -0.25) is 9.13 Å². The predicted molar refractivity (Wildman–Crippen MR) is 103 cm³/mol. The number of ether oxygens (including phenoxy) is 1. The Kier molecular flexibility index (Phi) is 7.79. The first kappa shape index (κ1) is 21.8. The van der Waals surface area contributed by atoms with Gasteiger partial charge >= 0.3 is 13.3 Å². The van der Waals surface area contributed by atoms with Crippen LogP contribution in [0.2, 0.25) is 0 Å². The van der Waals surface area contributed by atoms with Gasteiger partial charge < -0.3 is 18.2 Å². The first-order chi connectivity index (χ1) is 12.7. The van der Waals surface area contributed by atoms with Crippen molar-refractivity contribution in [1.82, 2.24) is 9.55 Å². The minimum atomic E-state index is -3.35. The summed E-state index contributed by atoms with van der Waals surface area (Å²) in [6.07, 6.45) is 2.80. The van der Waals surface area contributed by atoms with E-state index in [1.165, 1.54) is 4.57 Å². The second-order valence-corrected chi connectivity index (χ2v) is 8.80. The molecule has 2 heterocycles. The zero-order valence-corrected chi connectivity index (χ0v) is 17.5. The summed E-state index contributed by atoms with van der Waals surface area (Å²) >= 11 is 0. The third-order valence-corrected chi connectivity index (χ3v) is 5.48. The van der Waals surface area contributed by atoms with Crippen molar-refractivity contribution in [1.29, 1.82) is 0 Å². The lowest BCUT2D eigenvalue weighted by molar-refractivity contribution is 0.0955. The number of nitrogens with zero attached hydrogens (tertiary/aromatic N) is 2. The van der Waals surface area contributed by atoms with Crippen molar-refractivity contribution in [3.63, 3.8) is 0 Å².